The minimum atomic E-state index is 0.749. The predicted molar refractivity (Wildman–Crippen MR) is 54.9 cm³/mol. The summed E-state index contributed by atoms with van der Waals surface area (Å²) < 4.78 is 1.76. The highest BCUT2D eigenvalue weighted by Crippen LogP contribution is 2.16. The molecule has 0 atom stereocenters. The molecule has 3 aromatic rings. The summed E-state index contributed by atoms with van der Waals surface area (Å²) in [5, 5.41) is 13.9. The Balaban J connectivity index is 2.07. The zero-order valence-corrected chi connectivity index (χ0v) is 7.75. The summed E-state index contributed by atoms with van der Waals surface area (Å²) in [6.45, 7) is 0. The van der Waals surface area contributed by atoms with Crippen LogP contribution >= 0.6 is 0 Å². The molecule has 0 saturated carbocycles. The molecule has 6 heteroatoms. The summed E-state index contributed by atoms with van der Waals surface area (Å²) >= 11 is 0. The molecule has 0 amide bonds. The summed E-state index contributed by atoms with van der Waals surface area (Å²) in [5.74, 6) is 1.55. The first-order valence-corrected chi connectivity index (χ1v) is 4.48. The van der Waals surface area contributed by atoms with Gasteiger partial charge in [0.2, 0.25) is 0 Å². The van der Waals surface area contributed by atoms with Crippen molar-refractivity contribution in [3.63, 3.8) is 0 Å². The van der Waals surface area contributed by atoms with Gasteiger partial charge >= 0.3 is 0 Å². The molecule has 15 heavy (non-hydrogen) atoms. The fourth-order valence-electron chi connectivity index (χ4n) is 1.41. The van der Waals surface area contributed by atoms with Crippen molar-refractivity contribution in [1.29, 1.82) is 0 Å². The van der Waals surface area contributed by atoms with Gasteiger partial charge in [-0.1, -0.05) is 0 Å². The summed E-state index contributed by atoms with van der Waals surface area (Å²) in [4.78, 5) is 4.23. The molecule has 0 saturated heterocycles. The Hall–Kier alpha value is -2.37. The molecule has 0 bridgehead atoms. The van der Waals surface area contributed by atoms with Crippen molar-refractivity contribution in [2.24, 2.45) is 0 Å². The van der Waals surface area contributed by atoms with Gasteiger partial charge in [-0.25, -0.2) is 9.50 Å². The number of hydrogen-bond acceptors (Lipinski definition) is 4. The number of anilines is 2. The fraction of sp³-hybridized carbons (Fsp3) is 0. The molecule has 0 spiro atoms. The van der Waals surface area contributed by atoms with E-state index in [1.807, 2.05) is 12.1 Å². The van der Waals surface area contributed by atoms with Crippen LogP contribution in [0.4, 0.5) is 11.6 Å². The largest absolute Gasteiger partial charge is 0.324 e. The lowest BCUT2D eigenvalue weighted by atomic mass is 10.4. The summed E-state index contributed by atoms with van der Waals surface area (Å²) in [6.07, 6.45) is 6.90. The van der Waals surface area contributed by atoms with Crippen molar-refractivity contribution in [2.45, 2.75) is 0 Å². The number of H-pyrrole nitrogens is 1. The Bertz CT molecular complexity index is 567. The van der Waals surface area contributed by atoms with E-state index in [9.17, 15) is 0 Å². The van der Waals surface area contributed by atoms with Crippen LogP contribution in [0.3, 0.4) is 0 Å². The van der Waals surface area contributed by atoms with Crippen molar-refractivity contribution in [1.82, 2.24) is 24.8 Å². The predicted octanol–water partition coefficient (Wildman–Crippen LogP) is 1.20. The first kappa shape index (κ1) is 7.98. The quantitative estimate of drug-likeness (QED) is 0.652. The molecular weight excluding hydrogens is 192 g/mol. The Kier molecular flexibility index (Phi) is 1.64. The molecule has 3 aromatic heterocycles. The van der Waals surface area contributed by atoms with Crippen molar-refractivity contribution in [2.75, 3.05) is 5.32 Å². The monoisotopic (exact) mass is 200 g/mol. The Labute approximate surface area is 85.0 Å². The van der Waals surface area contributed by atoms with Crippen LogP contribution in [-0.4, -0.2) is 24.8 Å². The number of nitrogens with zero attached hydrogens (tertiary/aromatic N) is 4. The van der Waals surface area contributed by atoms with Gasteiger partial charge in [0.05, 0.1) is 12.4 Å². The first-order chi connectivity index (χ1) is 7.43. The normalized spacial score (nSPS) is 10.7. The SMILES string of the molecule is c1cc(Nc2nccn3nccc23)[nH]n1. The van der Waals surface area contributed by atoms with Crippen molar-refractivity contribution in [3.05, 3.63) is 36.9 Å². The molecule has 0 aliphatic carbocycles. The number of aromatic nitrogens is 5. The minimum absolute atomic E-state index is 0.749. The average Bonchev–Trinajstić information content (AvgIpc) is 2.87. The van der Waals surface area contributed by atoms with Gasteiger partial charge in [-0.15, -0.1) is 0 Å². The standard InChI is InChI=1S/C9H8N6/c1-4-12-15-6-5-10-9(7(1)15)13-8-2-3-11-14-8/h1-6H,(H2,10,11,13,14). The molecule has 0 aliphatic rings. The number of fused-ring (bicyclic) bond motifs is 1. The van der Waals surface area contributed by atoms with Gasteiger partial charge in [0.1, 0.15) is 11.3 Å². The van der Waals surface area contributed by atoms with Gasteiger partial charge < -0.3 is 5.32 Å². The average molecular weight is 200 g/mol. The van der Waals surface area contributed by atoms with E-state index in [1.54, 1.807) is 29.3 Å². The van der Waals surface area contributed by atoms with Crippen LogP contribution in [0.1, 0.15) is 0 Å². The van der Waals surface area contributed by atoms with E-state index in [1.165, 1.54) is 0 Å². The third-order valence-corrected chi connectivity index (χ3v) is 2.08. The third-order valence-electron chi connectivity index (χ3n) is 2.08. The first-order valence-electron chi connectivity index (χ1n) is 4.48. The maximum absolute atomic E-state index is 4.23. The van der Waals surface area contributed by atoms with Crippen molar-refractivity contribution < 1.29 is 0 Å². The summed E-state index contributed by atoms with van der Waals surface area (Å²) in [5.41, 5.74) is 0.923. The zero-order chi connectivity index (χ0) is 10.1. The molecule has 0 unspecified atom stereocenters. The molecular formula is C9H8N6. The van der Waals surface area contributed by atoms with Crippen molar-refractivity contribution >= 4 is 17.2 Å². The maximum Gasteiger partial charge on any atom is 0.157 e. The van der Waals surface area contributed by atoms with Crippen LogP contribution in [0.25, 0.3) is 5.52 Å². The molecule has 74 valence electrons. The second-order valence-corrected chi connectivity index (χ2v) is 3.03. The lowest BCUT2D eigenvalue weighted by Crippen LogP contribution is -1.97. The van der Waals surface area contributed by atoms with Gasteiger partial charge in [-0.2, -0.15) is 10.2 Å². The Morgan fingerprint density at radius 2 is 2.20 bits per heavy atom. The number of rotatable bonds is 2. The van der Waals surface area contributed by atoms with E-state index >= 15 is 0 Å². The number of nitrogens with one attached hydrogen (secondary N) is 2. The molecule has 6 nitrogen and oxygen atoms in total. The summed E-state index contributed by atoms with van der Waals surface area (Å²) in [7, 11) is 0. The van der Waals surface area contributed by atoms with Crippen molar-refractivity contribution in [3.8, 4) is 0 Å². The van der Waals surface area contributed by atoms with E-state index in [-0.39, 0.29) is 0 Å². The van der Waals surface area contributed by atoms with Gasteiger partial charge in [0.15, 0.2) is 5.82 Å². The molecule has 0 fully saturated rings. The van der Waals surface area contributed by atoms with Gasteiger partial charge in [0, 0.05) is 18.5 Å². The Morgan fingerprint density at radius 3 is 3.07 bits per heavy atom. The van der Waals surface area contributed by atoms with Gasteiger partial charge in [0.25, 0.3) is 0 Å². The molecule has 0 aliphatic heterocycles. The molecule has 3 rings (SSSR count). The topological polar surface area (TPSA) is 70.9 Å². The molecule has 3 heterocycles. The highest BCUT2D eigenvalue weighted by molar-refractivity contribution is 5.71. The lowest BCUT2D eigenvalue weighted by molar-refractivity contribution is 0.947. The fourth-order valence-corrected chi connectivity index (χ4v) is 1.41. The minimum Gasteiger partial charge on any atom is -0.324 e. The van der Waals surface area contributed by atoms with Gasteiger partial charge in [-0.05, 0) is 6.07 Å². The van der Waals surface area contributed by atoms with Crippen LogP contribution in [0.2, 0.25) is 0 Å². The molecule has 0 radical (unpaired) electrons. The van der Waals surface area contributed by atoms with E-state index in [2.05, 4.69) is 25.6 Å². The van der Waals surface area contributed by atoms with E-state index in [0.29, 0.717) is 0 Å². The second kappa shape index (κ2) is 3.09. The molecule has 2 N–H and O–H groups in total. The molecule has 0 aromatic carbocycles. The zero-order valence-electron chi connectivity index (χ0n) is 7.75. The van der Waals surface area contributed by atoms with Crippen LogP contribution in [0, 0.1) is 0 Å². The van der Waals surface area contributed by atoms with E-state index in [4.69, 9.17) is 0 Å². The van der Waals surface area contributed by atoms with Crippen LogP contribution in [0.5, 0.6) is 0 Å². The third kappa shape index (κ3) is 1.32. The van der Waals surface area contributed by atoms with Crippen LogP contribution in [-0.2, 0) is 0 Å². The second-order valence-electron chi connectivity index (χ2n) is 3.03. The van der Waals surface area contributed by atoms with E-state index in [0.717, 1.165) is 17.2 Å². The number of aromatic amines is 1. The highest BCUT2D eigenvalue weighted by Gasteiger charge is 2.03. The lowest BCUT2D eigenvalue weighted by Gasteiger charge is -2.03. The van der Waals surface area contributed by atoms with E-state index < -0.39 is 0 Å². The highest BCUT2D eigenvalue weighted by atomic mass is 15.2. The van der Waals surface area contributed by atoms with Crippen LogP contribution < -0.4 is 5.32 Å². The maximum atomic E-state index is 4.23. The smallest absolute Gasteiger partial charge is 0.157 e. The Morgan fingerprint density at radius 1 is 1.20 bits per heavy atom. The summed E-state index contributed by atoms with van der Waals surface area (Å²) in [6, 6.07) is 3.73. The number of hydrogen-bond donors (Lipinski definition) is 2. The van der Waals surface area contributed by atoms with Gasteiger partial charge in [-0.3, -0.25) is 5.10 Å². The van der Waals surface area contributed by atoms with Crippen LogP contribution in [0.15, 0.2) is 36.9 Å².